The second kappa shape index (κ2) is 11.6. The average Bonchev–Trinajstić information content (AvgIpc) is 3.53. The van der Waals surface area contributed by atoms with Crippen molar-refractivity contribution in [1.29, 1.82) is 0 Å². The number of benzene rings is 3. The molecule has 0 saturated heterocycles. The van der Waals surface area contributed by atoms with Crippen LogP contribution in [0.25, 0.3) is 6.08 Å². The number of aliphatic hydroxyl groups is 1. The molecule has 1 aromatic heterocycles. The SMILES string of the molecule is CC(C)(C)c1ccc(C2C(C(=O)C=Cc3ccccc3)=C(O)C(=O)N2c2nnc(SCc3ccccc3)s2)cc1. The van der Waals surface area contributed by atoms with Crippen molar-refractivity contribution in [2.75, 3.05) is 4.90 Å². The largest absolute Gasteiger partial charge is 0.503 e. The van der Waals surface area contributed by atoms with Gasteiger partial charge in [-0.15, -0.1) is 10.2 Å². The van der Waals surface area contributed by atoms with Crippen LogP contribution in [0.3, 0.4) is 0 Å². The van der Waals surface area contributed by atoms with Crippen LogP contribution in [-0.2, 0) is 20.8 Å². The number of thioether (sulfide) groups is 1. The van der Waals surface area contributed by atoms with E-state index in [4.69, 9.17) is 0 Å². The Morgan fingerprint density at radius 2 is 1.62 bits per heavy atom. The van der Waals surface area contributed by atoms with Crippen LogP contribution in [0.4, 0.5) is 5.13 Å². The van der Waals surface area contributed by atoms with Crippen LogP contribution < -0.4 is 4.90 Å². The van der Waals surface area contributed by atoms with Crippen molar-refractivity contribution in [2.45, 2.75) is 42.3 Å². The van der Waals surface area contributed by atoms with Crippen molar-refractivity contribution in [3.63, 3.8) is 0 Å². The quantitative estimate of drug-likeness (QED) is 0.137. The molecule has 8 heteroatoms. The summed E-state index contributed by atoms with van der Waals surface area (Å²) in [6.07, 6.45) is 3.08. The minimum Gasteiger partial charge on any atom is -0.503 e. The van der Waals surface area contributed by atoms with Crippen molar-refractivity contribution in [1.82, 2.24) is 10.2 Å². The Labute approximate surface area is 242 Å². The van der Waals surface area contributed by atoms with E-state index < -0.39 is 23.5 Å². The van der Waals surface area contributed by atoms with E-state index in [1.54, 1.807) is 6.08 Å². The Morgan fingerprint density at radius 3 is 2.27 bits per heavy atom. The van der Waals surface area contributed by atoms with Crippen LogP contribution in [0.15, 0.2) is 107 Å². The lowest BCUT2D eigenvalue weighted by atomic mass is 9.85. The molecule has 0 aliphatic carbocycles. The van der Waals surface area contributed by atoms with Gasteiger partial charge >= 0.3 is 0 Å². The molecule has 202 valence electrons. The first-order valence-electron chi connectivity index (χ1n) is 12.9. The Kier molecular flexibility index (Phi) is 8.00. The molecule has 1 unspecified atom stereocenters. The number of aliphatic hydroxyl groups excluding tert-OH is 1. The van der Waals surface area contributed by atoms with E-state index in [1.165, 1.54) is 34.1 Å². The number of hydrogen-bond acceptors (Lipinski definition) is 7. The van der Waals surface area contributed by atoms with Gasteiger partial charge in [-0.05, 0) is 33.7 Å². The summed E-state index contributed by atoms with van der Waals surface area (Å²) in [7, 11) is 0. The van der Waals surface area contributed by atoms with Crippen molar-refractivity contribution < 1.29 is 14.7 Å². The molecule has 0 saturated carbocycles. The second-order valence-corrected chi connectivity index (χ2v) is 12.6. The summed E-state index contributed by atoms with van der Waals surface area (Å²) >= 11 is 2.79. The van der Waals surface area contributed by atoms with Crippen LogP contribution in [-0.4, -0.2) is 27.0 Å². The monoisotopic (exact) mass is 567 g/mol. The number of aromatic nitrogens is 2. The number of rotatable bonds is 8. The number of hydrogen-bond donors (Lipinski definition) is 1. The molecular formula is C32H29N3O3S2. The molecule has 4 aromatic rings. The number of ketones is 1. The summed E-state index contributed by atoms with van der Waals surface area (Å²) < 4.78 is 0.691. The van der Waals surface area contributed by atoms with Crippen LogP contribution in [0, 0.1) is 0 Å². The molecule has 1 aliphatic heterocycles. The molecule has 3 aromatic carbocycles. The fourth-order valence-corrected chi connectivity index (χ4v) is 6.26. The minimum absolute atomic E-state index is 0.0226. The highest BCUT2D eigenvalue weighted by molar-refractivity contribution is 8.00. The lowest BCUT2D eigenvalue weighted by Gasteiger charge is -2.25. The van der Waals surface area contributed by atoms with Crippen molar-refractivity contribution >= 4 is 46.0 Å². The van der Waals surface area contributed by atoms with E-state index in [1.807, 2.05) is 84.9 Å². The minimum atomic E-state index is -0.839. The summed E-state index contributed by atoms with van der Waals surface area (Å²) in [5.74, 6) is -0.970. The Morgan fingerprint density at radius 1 is 0.975 bits per heavy atom. The maximum absolute atomic E-state index is 13.5. The first-order valence-corrected chi connectivity index (χ1v) is 14.7. The molecule has 0 radical (unpaired) electrons. The van der Waals surface area contributed by atoms with Crippen LogP contribution in [0.5, 0.6) is 0 Å². The van der Waals surface area contributed by atoms with Gasteiger partial charge in [0.1, 0.15) is 0 Å². The molecule has 40 heavy (non-hydrogen) atoms. The first kappa shape index (κ1) is 27.6. The summed E-state index contributed by atoms with van der Waals surface area (Å²) in [5.41, 5.74) is 3.77. The van der Waals surface area contributed by atoms with Gasteiger partial charge in [0.15, 0.2) is 15.9 Å². The van der Waals surface area contributed by atoms with Gasteiger partial charge in [0, 0.05) is 5.75 Å². The third kappa shape index (κ3) is 5.93. The molecule has 6 nitrogen and oxygen atoms in total. The predicted octanol–water partition coefficient (Wildman–Crippen LogP) is 7.31. The summed E-state index contributed by atoms with van der Waals surface area (Å²) in [6.45, 7) is 6.37. The smallest absolute Gasteiger partial charge is 0.296 e. The highest BCUT2D eigenvalue weighted by Crippen LogP contribution is 2.43. The Hall–Kier alpha value is -4.01. The fourth-order valence-electron chi connectivity index (χ4n) is 4.44. The van der Waals surface area contributed by atoms with Gasteiger partial charge in [0.2, 0.25) is 5.13 Å². The van der Waals surface area contributed by atoms with Crippen molar-refractivity contribution in [2.24, 2.45) is 0 Å². The number of amides is 1. The zero-order valence-electron chi connectivity index (χ0n) is 22.4. The van der Waals surface area contributed by atoms with Gasteiger partial charge in [-0.1, -0.05) is 135 Å². The normalized spacial score (nSPS) is 15.8. The second-order valence-electron chi connectivity index (χ2n) is 10.4. The number of carbonyl (C=O) groups is 2. The molecule has 0 spiro atoms. The van der Waals surface area contributed by atoms with E-state index >= 15 is 0 Å². The van der Waals surface area contributed by atoms with Gasteiger partial charge in [-0.3, -0.25) is 14.5 Å². The molecule has 1 atom stereocenters. The first-order chi connectivity index (χ1) is 19.2. The van der Waals surface area contributed by atoms with E-state index in [9.17, 15) is 14.7 Å². The highest BCUT2D eigenvalue weighted by atomic mass is 32.2. The number of carbonyl (C=O) groups excluding carboxylic acids is 2. The standard InChI is InChI=1S/C32H29N3O3S2/c1-32(2,3)24-17-15-23(16-18-24)27-26(25(36)19-14-21-10-6-4-7-11-21)28(37)29(38)35(27)30-33-34-31(40-30)39-20-22-12-8-5-9-13-22/h4-19,27,37H,20H2,1-3H3. The topological polar surface area (TPSA) is 83.4 Å². The molecule has 1 amide bonds. The zero-order valence-corrected chi connectivity index (χ0v) is 24.1. The Balaban J connectivity index is 1.49. The van der Waals surface area contributed by atoms with Crippen molar-refractivity contribution in [3.05, 3.63) is 125 Å². The molecule has 1 N–H and O–H groups in total. The van der Waals surface area contributed by atoms with Crippen molar-refractivity contribution in [3.8, 4) is 0 Å². The summed E-state index contributed by atoms with van der Waals surface area (Å²) in [6, 6.07) is 26.4. The third-order valence-corrected chi connectivity index (χ3v) is 8.73. The van der Waals surface area contributed by atoms with E-state index in [2.05, 4.69) is 31.0 Å². The average molecular weight is 568 g/mol. The molecule has 2 heterocycles. The third-order valence-electron chi connectivity index (χ3n) is 6.60. The van der Waals surface area contributed by atoms with Gasteiger partial charge in [-0.25, -0.2) is 0 Å². The summed E-state index contributed by atoms with van der Waals surface area (Å²) in [4.78, 5) is 28.4. The van der Waals surface area contributed by atoms with Gasteiger partial charge in [0.05, 0.1) is 11.6 Å². The van der Waals surface area contributed by atoms with E-state index in [-0.39, 0.29) is 11.0 Å². The Bertz CT molecular complexity index is 1570. The zero-order chi connectivity index (χ0) is 28.3. The van der Waals surface area contributed by atoms with Crippen LogP contribution in [0.2, 0.25) is 0 Å². The number of allylic oxidation sites excluding steroid dienone is 1. The lowest BCUT2D eigenvalue weighted by molar-refractivity contribution is -0.117. The lowest BCUT2D eigenvalue weighted by Crippen LogP contribution is -2.31. The van der Waals surface area contributed by atoms with Crippen LogP contribution >= 0.6 is 23.1 Å². The summed E-state index contributed by atoms with van der Waals surface area (Å²) in [5, 5.41) is 19.9. The maximum atomic E-state index is 13.5. The predicted molar refractivity (Wildman–Crippen MR) is 161 cm³/mol. The van der Waals surface area contributed by atoms with Gasteiger partial charge in [0.25, 0.3) is 5.91 Å². The molecule has 5 rings (SSSR count). The van der Waals surface area contributed by atoms with E-state index in [0.717, 1.165) is 16.7 Å². The van der Waals surface area contributed by atoms with Gasteiger partial charge < -0.3 is 5.11 Å². The molecule has 0 bridgehead atoms. The molecule has 0 fully saturated rings. The number of nitrogens with zero attached hydrogens (tertiary/aromatic N) is 3. The molecule has 1 aliphatic rings. The maximum Gasteiger partial charge on any atom is 0.296 e. The highest BCUT2D eigenvalue weighted by Gasteiger charge is 2.45. The van der Waals surface area contributed by atoms with Crippen LogP contribution in [0.1, 0.15) is 49.1 Å². The van der Waals surface area contributed by atoms with E-state index in [0.29, 0.717) is 20.8 Å². The van der Waals surface area contributed by atoms with Gasteiger partial charge in [-0.2, -0.15) is 0 Å². The fraction of sp³-hybridized carbons (Fsp3) is 0.188. The molecular weight excluding hydrogens is 539 g/mol. The number of anilines is 1.